The quantitative estimate of drug-likeness (QED) is 0.429. The van der Waals surface area contributed by atoms with Crippen molar-refractivity contribution in [1.29, 1.82) is 10.8 Å². The minimum Gasteiger partial charge on any atom is -0.476 e. The van der Waals surface area contributed by atoms with Crippen LogP contribution in [0.5, 0.6) is 0 Å². The summed E-state index contributed by atoms with van der Waals surface area (Å²) in [6.45, 7) is 0. The van der Waals surface area contributed by atoms with E-state index in [1.807, 2.05) is 0 Å². The van der Waals surface area contributed by atoms with E-state index in [4.69, 9.17) is 27.5 Å². The molecule has 0 saturated carbocycles. The number of nitrogens with one attached hydrogen (secondary N) is 2. The van der Waals surface area contributed by atoms with E-state index in [2.05, 4.69) is 0 Å². The van der Waals surface area contributed by atoms with Crippen molar-refractivity contribution < 1.29 is 19.0 Å². The number of carbonyl (C=O) groups is 1. The molecule has 0 aliphatic heterocycles. The fourth-order valence-electron chi connectivity index (χ4n) is 0.982. The second kappa shape index (κ2) is 4.84. The second-order valence-electron chi connectivity index (χ2n) is 3.01. The molecule has 0 aliphatic rings. The predicted molar refractivity (Wildman–Crippen MR) is 65.7 cm³/mol. The van der Waals surface area contributed by atoms with E-state index in [9.17, 15) is 13.9 Å². The molecular weight excluding hydrogens is 268 g/mol. The lowest BCUT2D eigenvalue weighted by Gasteiger charge is -2.31. The number of hydrogen-bond donors (Lipinski definition) is 5. The first-order valence-corrected chi connectivity index (χ1v) is 6.14. The van der Waals surface area contributed by atoms with Crippen LogP contribution in [0, 0.1) is 10.8 Å². The minimum absolute atomic E-state index is 0.0575. The molecule has 6 nitrogen and oxygen atoms in total. The van der Waals surface area contributed by atoms with Gasteiger partial charge in [0.25, 0.3) is 0 Å². The normalized spacial score (nSPS) is 11.9. The van der Waals surface area contributed by atoms with Gasteiger partial charge in [0.05, 0.1) is 4.90 Å². The van der Waals surface area contributed by atoms with Crippen molar-refractivity contribution >= 4 is 38.9 Å². The van der Waals surface area contributed by atoms with Gasteiger partial charge in [0, 0.05) is 5.02 Å². The van der Waals surface area contributed by atoms with E-state index >= 15 is 0 Å². The van der Waals surface area contributed by atoms with Crippen LogP contribution in [0.3, 0.4) is 0 Å². The number of hydrogen-bond acceptors (Lipinski definition) is 5. The van der Waals surface area contributed by atoms with Gasteiger partial charge in [-0.1, -0.05) is 11.6 Å². The van der Waals surface area contributed by atoms with E-state index in [1.165, 1.54) is 24.3 Å². The van der Waals surface area contributed by atoms with Crippen LogP contribution in [0.4, 0.5) is 0 Å². The summed E-state index contributed by atoms with van der Waals surface area (Å²) in [6, 6.07) is 5.29. The molecule has 0 bridgehead atoms. The molecule has 8 heteroatoms. The first-order chi connectivity index (χ1) is 7.76. The van der Waals surface area contributed by atoms with Gasteiger partial charge in [-0.15, -0.1) is 10.6 Å². The van der Waals surface area contributed by atoms with Crippen molar-refractivity contribution in [1.82, 2.24) is 0 Å². The summed E-state index contributed by atoms with van der Waals surface area (Å²) in [5.41, 5.74) is -1.15. The highest BCUT2D eigenvalue weighted by molar-refractivity contribution is 8.38. The maximum absolute atomic E-state index is 10.5. The van der Waals surface area contributed by atoms with Gasteiger partial charge in [-0.25, -0.2) is 4.79 Å². The monoisotopic (exact) mass is 276 g/mol. The van der Waals surface area contributed by atoms with E-state index in [-0.39, 0.29) is 4.90 Å². The number of carboxylic acid groups (broad SMARTS) is 1. The first-order valence-electron chi connectivity index (χ1n) is 4.21. The van der Waals surface area contributed by atoms with E-state index in [0.717, 1.165) is 0 Å². The van der Waals surface area contributed by atoms with Crippen molar-refractivity contribution in [3.8, 4) is 0 Å². The SMILES string of the molecule is N=C(C(=N)S(O)(O)c1ccc(Cl)cc1)C(=O)O. The summed E-state index contributed by atoms with van der Waals surface area (Å²) in [6.07, 6.45) is 0. The number of rotatable bonds is 3. The Morgan fingerprint density at radius 3 is 2.06 bits per heavy atom. The Balaban J connectivity index is 3.10. The smallest absolute Gasteiger partial charge is 0.357 e. The summed E-state index contributed by atoms with van der Waals surface area (Å²) in [5, 5.41) is 22.2. The molecule has 0 unspecified atom stereocenters. The second-order valence-corrected chi connectivity index (χ2v) is 5.43. The Labute approximate surface area is 103 Å². The fraction of sp³-hybridized carbons (Fsp3) is 0. The Hall–Kier alpha value is -1.41. The molecule has 0 radical (unpaired) electrons. The van der Waals surface area contributed by atoms with Crippen LogP contribution in [0.1, 0.15) is 0 Å². The van der Waals surface area contributed by atoms with Crippen molar-refractivity contribution in [2.75, 3.05) is 0 Å². The van der Waals surface area contributed by atoms with Crippen molar-refractivity contribution in [2.24, 2.45) is 0 Å². The zero-order chi connectivity index (χ0) is 13.2. The average Bonchev–Trinajstić information content (AvgIpc) is 2.27. The Morgan fingerprint density at radius 1 is 1.18 bits per heavy atom. The van der Waals surface area contributed by atoms with Crippen molar-refractivity contribution in [3.05, 3.63) is 29.3 Å². The molecule has 0 aliphatic carbocycles. The zero-order valence-electron chi connectivity index (χ0n) is 8.35. The molecular formula is C9H9ClN2O4S. The van der Waals surface area contributed by atoms with Gasteiger partial charge in [-0.2, -0.15) is 0 Å². The fourth-order valence-corrected chi connectivity index (χ4v) is 2.23. The molecule has 1 aromatic carbocycles. The molecule has 17 heavy (non-hydrogen) atoms. The third-order valence-electron chi connectivity index (χ3n) is 1.87. The molecule has 0 spiro atoms. The molecule has 5 N–H and O–H groups in total. The standard InChI is InChI=1S/C9H9ClN2O4S/c10-5-1-3-6(4-2-5)17(15,16)8(12)7(11)9(13)14/h1-4,11-12,15-16H,(H,13,14). The van der Waals surface area contributed by atoms with Crippen molar-refractivity contribution in [2.45, 2.75) is 4.90 Å². The molecule has 0 aromatic heterocycles. The lowest BCUT2D eigenvalue weighted by atomic mass is 10.4. The topological polar surface area (TPSA) is 125 Å². The first kappa shape index (κ1) is 13.7. The highest BCUT2D eigenvalue weighted by Crippen LogP contribution is 2.49. The third kappa shape index (κ3) is 2.83. The summed E-state index contributed by atoms with van der Waals surface area (Å²) in [5.74, 6) is -1.69. The summed E-state index contributed by atoms with van der Waals surface area (Å²) in [7, 11) is -3.78. The third-order valence-corrected chi connectivity index (χ3v) is 3.82. The van der Waals surface area contributed by atoms with Gasteiger partial charge in [0.2, 0.25) is 0 Å². The van der Waals surface area contributed by atoms with E-state index in [1.54, 1.807) is 0 Å². The molecule has 0 atom stereocenters. The number of aliphatic carboxylic acids is 1. The van der Waals surface area contributed by atoms with Crippen LogP contribution >= 0.6 is 22.2 Å². The molecule has 0 saturated heterocycles. The number of halogens is 1. The molecule has 0 amide bonds. The van der Waals surface area contributed by atoms with Crippen molar-refractivity contribution in [3.63, 3.8) is 0 Å². The minimum atomic E-state index is -3.78. The molecule has 1 rings (SSSR count). The van der Waals surface area contributed by atoms with Crippen LogP contribution < -0.4 is 0 Å². The largest absolute Gasteiger partial charge is 0.476 e. The number of carboxylic acids is 1. The maximum Gasteiger partial charge on any atom is 0.357 e. The zero-order valence-corrected chi connectivity index (χ0v) is 9.92. The maximum atomic E-state index is 10.5. The average molecular weight is 277 g/mol. The predicted octanol–water partition coefficient (Wildman–Crippen LogP) is 2.53. The lowest BCUT2D eigenvalue weighted by Crippen LogP contribution is -2.26. The van der Waals surface area contributed by atoms with Gasteiger partial charge in [-0.05, 0) is 24.3 Å². The van der Waals surface area contributed by atoms with E-state index < -0.39 is 27.3 Å². The molecule has 92 valence electrons. The Morgan fingerprint density at radius 2 is 1.65 bits per heavy atom. The van der Waals surface area contributed by atoms with Gasteiger partial charge >= 0.3 is 5.97 Å². The lowest BCUT2D eigenvalue weighted by molar-refractivity contribution is -0.129. The van der Waals surface area contributed by atoms with Gasteiger partial charge in [-0.3, -0.25) is 19.9 Å². The van der Waals surface area contributed by atoms with Crippen LogP contribution in [0.2, 0.25) is 5.02 Å². The van der Waals surface area contributed by atoms with Crippen LogP contribution in [-0.2, 0) is 4.79 Å². The van der Waals surface area contributed by atoms with Crippen LogP contribution in [-0.4, -0.2) is 30.9 Å². The highest BCUT2D eigenvalue weighted by atomic mass is 35.5. The molecule has 0 heterocycles. The van der Waals surface area contributed by atoms with Crippen LogP contribution in [0.25, 0.3) is 0 Å². The summed E-state index contributed by atoms with van der Waals surface area (Å²) >= 11 is 5.61. The molecule has 1 aromatic rings. The van der Waals surface area contributed by atoms with E-state index in [0.29, 0.717) is 5.02 Å². The Kier molecular flexibility index (Phi) is 3.89. The van der Waals surface area contributed by atoms with Crippen LogP contribution in [0.15, 0.2) is 29.2 Å². The summed E-state index contributed by atoms with van der Waals surface area (Å²) < 4.78 is 19.5. The van der Waals surface area contributed by atoms with Gasteiger partial charge in [0.15, 0.2) is 10.8 Å². The highest BCUT2D eigenvalue weighted by Gasteiger charge is 2.28. The number of benzene rings is 1. The van der Waals surface area contributed by atoms with Gasteiger partial charge in [0.1, 0.15) is 0 Å². The Bertz CT molecular complexity index is 486. The van der Waals surface area contributed by atoms with Gasteiger partial charge < -0.3 is 5.11 Å². The summed E-state index contributed by atoms with van der Waals surface area (Å²) in [4.78, 5) is 10.4. The molecule has 0 fully saturated rings.